The van der Waals surface area contributed by atoms with Gasteiger partial charge in [-0.3, -0.25) is 9.59 Å². The highest BCUT2D eigenvalue weighted by Gasteiger charge is 2.26. The Morgan fingerprint density at radius 1 is 1.03 bits per heavy atom. The molecule has 0 saturated carbocycles. The fourth-order valence-corrected chi connectivity index (χ4v) is 2.99. The van der Waals surface area contributed by atoms with Crippen molar-refractivity contribution in [1.82, 2.24) is 20.4 Å². The van der Waals surface area contributed by atoms with Crippen LogP contribution in [0, 0.1) is 5.92 Å². The molecule has 0 aliphatic carbocycles. The molecule has 0 fully saturated rings. The largest absolute Gasteiger partial charge is 0.350 e. The molecule has 6 heteroatoms. The summed E-state index contributed by atoms with van der Waals surface area (Å²) in [6.07, 6.45) is 4.39. The van der Waals surface area contributed by atoms with Crippen molar-refractivity contribution in [1.29, 1.82) is 0 Å². The summed E-state index contributed by atoms with van der Waals surface area (Å²) in [5.41, 5.74) is 2.38. The molecule has 0 aliphatic heterocycles. The van der Waals surface area contributed by atoms with Crippen molar-refractivity contribution in [2.75, 3.05) is 0 Å². The predicted molar refractivity (Wildman–Crippen MR) is 113 cm³/mol. The number of carbonyl (C=O) groups excluding carboxylic acids is 2. The molecule has 3 rings (SSSR count). The second-order valence-corrected chi connectivity index (χ2v) is 7.05. The Bertz CT molecular complexity index is 938. The highest BCUT2D eigenvalue weighted by atomic mass is 16.2. The number of hydrogen-bond donors (Lipinski definition) is 2. The van der Waals surface area contributed by atoms with Gasteiger partial charge in [-0.2, -0.15) is 5.10 Å². The highest BCUT2D eigenvalue weighted by Crippen LogP contribution is 2.11. The van der Waals surface area contributed by atoms with Crippen LogP contribution in [0.4, 0.5) is 0 Å². The second kappa shape index (κ2) is 9.68. The van der Waals surface area contributed by atoms with Crippen LogP contribution >= 0.6 is 0 Å². The van der Waals surface area contributed by atoms with E-state index >= 15 is 0 Å². The molecule has 1 heterocycles. The molecule has 2 atom stereocenters. The lowest BCUT2D eigenvalue weighted by Crippen LogP contribution is -2.50. The third-order valence-electron chi connectivity index (χ3n) is 4.94. The zero-order valence-electron chi connectivity index (χ0n) is 16.7. The first kappa shape index (κ1) is 20.3. The summed E-state index contributed by atoms with van der Waals surface area (Å²) in [4.78, 5) is 25.3. The quantitative estimate of drug-likeness (QED) is 0.619. The number of benzene rings is 2. The van der Waals surface area contributed by atoms with Gasteiger partial charge in [-0.25, -0.2) is 4.68 Å². The predicted octanol–water partition coefficient (Wildman–Crippen LogP) is 3.33. The van der Waals surface area contributed by atoms with Crippen molar-refractivity contribution in [3.05, 3.63) is 84.2 Å². The Morgan fingerprint density at radius 3 is 2.34 bits per heavy atom. The number of aromatic nitrogens is 2. The van der Waals surface area contributed by atoms with Crippen LogP contribution in [0.15, 0.2) is 73.1 Å². The Balaban J connectivity index is 1.63. The van der Waals surface area contributed by atoms with Crippen LogP contribution in [-0.2, 0) is 11.3 Å². The van der Waals surface area contributed by atoms with Gasteiger partial charge >= 0.3 is 0 Å². The van der Waals surface area contributed by atoms with E-state index in [0.717, 1.165) is 17.7 Å². The molecule has 150 valence electrons. The minimum absolute atomic E-state index is 0.00899. The molecule has 0 saturated heterocycles. The summed E-state index contributed by atoms with van der Waals surface area (Å²) in [6.45, 7) is 4.31. The number of para-hydroxylation sites is 1. The van der Waals surface area contributed by atoms with Crippen molar-refractivity contribution < 1.29 is 9.59 Å². The number of rotatable bonds is 8. The normalized spacial score (nSPS) is 12.8. The first-order valence-electron chi connectivity index (χ1n) is 9.81. The zero-order chi connectivity index (χ0) is 20.6. The van der Waals surface area contributed by atoms with E-state index in [2.05, 4.69) is 15.7 Å². The minimum atomic E-state index is -0.600. The Morgan fingerprint density at radius 2 is 1.69 bits per heavy atom. The van der Waals surface area contributed by atoms with Gasteiger partial charge in [-0.15, -0.1) is 0 Å². The molecule has 2 N–H and O–H groups in total. The average Bonchev–Trinajstić information content (AvgIpc) is 3.25. The van der Waals surface area contributed by atoms with Gasteiger partial charge in [0.05, 0.1) is 11.9 Å². The second-order valence-electron chi connectivity index (χ2n) is 7.05. The number of carbonyl (C=O) groups is 2. The van der Waals surface area contributed by atoms with Crippen LogP contribution in [0.2, 0.25) is 0 Å². The highest BCUT2D eigenvalue weighted by molar-refractivity contribution is 5.97. The van der Waals surface area contributed by atoms with E-state index in [-0.39, 0.29) is 17.7 Å². The first-order chi connectivity index (χ1) is 14.1. The third-order valence-corrected chi connectivity index (χ3v) is 4.94. The lowest BCUT2D eigenvalue weighted by molar-refractivity contribution is -0.124. The van der Waals surface area contributed by atoms with Gasteiger partial charge < -0.3 is 10.6 Å². The molecule has 0 aliphatic rings. The van der Waals surface area contributed by atoms with Gasteiger partial charge in [-0.1, -0.05) is 56.7 Å². The smallest absolute Gasteiger partial charge is 0.251 e. The van der Waals surface area contributed by atoms with Crippen LogP contribution in [-0.4, -0.2) is 27.6 Å². The molecule has 0 radical (unpaired) electrons. The summed E-state index contributed by atoms with van der Waals surface area (Å²) in [7, 11) is 0. The monoisotopic (exact) mass is 390 g/mol. The van der Waals surface area contributed by atoms with Crippen molar-refractivity contribution in [2.45, 2.75) is 32.9 Å². The maximum atomic E-state index is 12.8. The van der Waals surface area contributed by atoms with E-state index < -0.39 is 6.04 Å². The topological polar surface area (TPSA) is 76.0 Å². The van der Waals surface area contributed by atoms with Gasteiger partial charge in [-0.05, 0) is 30.2 Å². The van der Waals surface area contributed by atoms with Crippen LogP contribution in [0.5, 0.6) is 0 Å². The zero-order valence-corrected chi connectivity index (χ0v) is 16.7. The molecule has 29 heavy (non-hydrogen) atoms. The van der Waals surface area contributed by atoms with Crippen molar-refractivity contribution in [2.24, 2.45) is 5.92 Å². The van der Waals surface area contributed by atoms with E-state index in [0.29, 0.717) is 12.1 Å². The van der Waals surface area contributed by atoms with Crippen molar-refractivity contribution in [3.63, 3.8) is 0 Å². The molecular weight excluding hydrogens is 364 g/mol. The van der Waals surface area contributed by atoms with E-state index in [1.807, 2.05) is 56.4 Å². The van der Waals surface area contributed by atoms with Crippen molar-refractivity contribution >= 4 is 11.8 Å². The average molecular weight is 390 g/mol. The lowest BCUT2D eigenvalue weighted by Gasteiger charge is -2.23. The molecule has 1 aromatic heterocycles. The number of hydrogen-bond acceptors (Lipinski definition) is 3. The molecule has 0 spiro atoms. The SMILES string of the molecule is CC[C@@H](C)[C@@H](NC(=O)c1ccccc1)C(=O)NCc1cnn(-c2ccccc2)c1. The summed E-state index contributed by atoms with van der Waals surface area (Å²) < 4.78 is 1.77. The van der Waals surface area contributed by atoms with Crippen LogP contribution in [0.1, 0.15) is 36.2 Å². The Hall–Kier alpha value is -3.41. The fraction of sp³-hybridized carbons (Fsp3) is 0.261. The molecule has 3 aromatic rings. The third kappa shape index (κ3) is 5.31. The van der Waals surface area contributed by atoms with E-state index in [1.165, 1.54) is 0 Å². The van der Waals surface area contributed by atoms with E-state index in [1.54, 1.807) is 35.1 Å². The van der Waals surface area contributed by atoms with Crippen LogP contribution < -0.4 is 10.6 Å². The van der Waals surface area contributed by atoms with E-state index in [4.69, 9.17) is 0 Å². The molecule has 2 aromatic carbocycles. The summed E-state index contributed by atoms with van der Waals surface area (Å²) in [6, 6.07) is 18.1. The molecule has 6 nitrogen and oxygen atoms in total. The number of nitrogens with zero attached hydrogens (tertiary/aromatic N) is 2. The standard InChI is InChI=1S/C23H26N4O2/c1-3-17(2)21(26-22(28)19-10-6-4-7-11-19)23(29)24-14-18-15-25-27(16-18)20-12-8-5-9-13-20/h4-13,15-17,21H,3,14H2,1-2H3,(H,24,29)(H,26,28)/t17-,21-/m1/s1. The maximum Gasteiger partial charge on any atom is 0.251 e. The van der Waals surface area contributed by atoms with Gasteiger partial charge in [0.1, 0.15) is 6.04 Å². The maximum absolute atomic E-state index is 12.8. The lowest BCUT2D eigenvalue weighted by atomic mass is 9.97. The minimum Gasteiger partial charge on any atom is -0.350 e. The van der Waals surface area contributed by atoms with Crippen LogP contribution in [0.3, 0.4) is 0 Å². The summed E-state index contributed by atoms with van der Waals surface area (Å²) in [5, 5.41) is 10.2. The summed E-state index contributed by atoms with van der Waals surface area (Å²) >= 11 is 0. The number of amides is 2. The number of nitrogens with one attached hydrogen (secondary N) is 2. The van der Waals surface area contributed by atoms with E-state index in [9.17, 15) is 9.59 Å². The molecule has 0 bridgehead atoms. The van der Waals surface area contributed by atoms with Crippen LogP contribution in [0.25, 0.3) is 5.69 Å². The summed E-state index contributed by atoms with van der Waals surface area (Å²) in [5.74, 6) is -0.436. The van der Waals surface area contributed by atoms with Gasteiger partial charge in [0, 0.05) is 23.9 Å². The fourth-order valence-electron chi connectivity index (χ4n) is 2.99. The first-order valence-corrected chi connectivity index (χ1v) is 9.81. The molecule has 0 unspecified atom stereocenters. The Labute approximate surface area is 170 Å². The molecule has 2 amide bonds. The molecular formula is C23H26N4O2. The Kier molecular flexibility index (Phi) is 6.79. The van der Waals surface area contributed by atoms with Gasteiger partial charge in [0.25, 0.3) is 5.91 Å². The van der Waals surface area contributed by atoms with Gasteiger partial charge in [0.15, 0.2) is 0 Å². The van der Waals surface area contributed by atoms with Gasteiger partial charge in [0.2, 0.25) is 5.91 Å². The van der Waals surface area contributed by atoms with Crippen molar-refractivity contribution in [3.8, 4) is 5.69 Å².